The summed E-state index contributed by atoms with van der Waals surface area (Å²) in [6, 6.07) is 0.786. The number of hydrogen-bond acceptors (Lipinski definition) is 4. The highest BCUT2D eigenvalue weighted by Crippen LogP contribution is 2.16. The lowest BCUT2D eigenvalue weighted by atomic mass is 10.2. The number of nitrogens with zero attached hydrogens (tertiary/aromatic N) is 2. The highest BCUT2D eigenvalue weighted by Gasteiger charge is 2.27. The Hall–Kier alpha value is 0.230. The molecule has 2 aliphatic rings. The van der Waals surface area contributed by atoms with Crippen molar-refractivity contribution >= 4 is 12.6 Å². The first-order chi connectivity index (χ1) is 7.40. The van der Waals surface area contributed by atoms with Gasteiger partial charge in [-0.2, -0.15) is 12.6 Å². The van der Waals surface area contributed by atoms with Crippen LogP contribution in [0.1, 0.15) is 12.8 Å². The van der Waals surface area contributed by atoms with E-state index in [0.29, 0.717) is 0 Å². The van der Waals surface area contributed by atoms with Gasteiger partial charge in [-0.3, -0.25) is 4.90 Å². The van der Waals surface area contributed by atoms with Crippen molar-refractivity contribution in [2.45, 2.75) is 18.9 Å². The van der Waals surface area contributed by atoms with Crippen LogP contribution in [0.25, 0.3) is 0 Å². The Bertz CT molecular complexity index is 185. The maximum Gasteiger partial charge on any atom is 0.0594 e. The minimum Gasteiger partial charge on any atom is -0.379 e. The van der Waals surface area contributed by atoms with Crippen LogP contribution in [0.5, 0.6) is 0 Å². The van der Waals surface area contributed by atoms with Crippen LogP contribution >= 0.6 is 12.6 Å². The topological polar surface area (TPSA) is 15.7 Å². The average Bonchev–Trinajstić information content (AvgIpc) is 2.76. The lowest BCUT2D eigenvalue weighted by Crippen LogP contribution is -2.44. The molecule has 1 atom stereocenters. The van der Waals surface area contributed by atoms with Crippen molar-refractivity contribution in [1.29, 1.82) is 0 Å². The molecular weight excluding hydrogens is 208 g/mol. The quantitative estimate of drug-likeness (QED) is 0.717. The van der Waals surface area contributed by atoms with Gasteiger partial charge in [0.05, 0.1) is 13.2 Å². The Morgan fingerprint density at radius 1 is 1.20 bits per heavy atom. The summed E-state index contributed by atoms with van der Waals surface area (Å²) in [5.74, 6) is 1.01. The van der Waals surface area contributed by atoms with E-state index in [1.807, 2.05) is 0 Å². The van der Waals surface area contributed by atoms with Crippen molar-refractivity contribution in [3.8, 4) is 0 Å². The van der Waals surface area contributed by atoms with Crippen LogP contribution in [0.15, 0.2) is 0 Å². The van der Waals surface area contributed by atoms with E-state index in [0.717, 1.165) is 38.1 Å². The first-order valence-electron chi connectivity index (χ1n) is 6.05. The van der Waals surface area contributed by atoms with Gasteiger partial charge in [-0.15, -0.1) is 0 Å². The van der Waals surface area contributed by atoms with E-state index in [2.05, 4.69) is 22.4 Å². The molecule has 2 saturated heterocycles. The molecule has 0 N–H and O–H groups in total. The van der Waals surface area contributed by atoms with E-state index in [4.69, 9.17) is 4.74 Å². The van der Waals surface area contributed by atoms with E-state index in [1.165, 1.54) is 32.5 Å². The molecule has 2 rings (SSSR count). The second-order valence-electron chi connectivity index (χ2n) is 4.47. The zero-order valence-corrected chi connectivity index (χ0v) is 10.3. The first kappa shape index (κ1) is 11.7. The summed E-state index contributed by atoms with van der Waals surface area (Å²) >= 11 is 4.26. The highest BCUT2D eigenvalue weighted by atomic mass is 32.1. The predicted molar refractivity (Wildman–Crippen MR) is 65.7 cm³/mol. The van der Waals surface area contributed by atoms with E-state index >= 15 is 0 Å². The second kappa shape index (κ2) is 6.09. The zero-order chi connectivity index (χ0) is 10.5. The Balaban J connectivity index is 1.71. The predicted octanol–water partition coefficient (Wildman–Crippen LogP) is 0.713. The van der Waals surface area contributed by atoms with Gasteiger partial charge in [-0.25, -0.2) is 0 Å². The molecule has 0 bridgehead atoms. The average molecular weight is 230 g/mol. The summed E-state index contributed by atoms with van der Waals surface area (Å²) in [7, 11) is 0. The SMILES string of the molecule is SCCCN1CCC(N2CCOCC2)C1. The summed E-state index contributed by atoms with van der Waals surface area (Å²) in [4.78, 5) is 5.18. The maximum absolute atomic E-state index is 5.39. The molecule has 0 aromatic carbocycles. The molecule has 0 aliphatic carbocycles. The van der Waals surface area contributed by atoms with Crippen molar-refractivity contribution in [1.82, 2.24) is 9.80 Å². The molecule has 15 heavy (non-hydrogen) atoms. The molecule has 0 spiro atoms. The Morgan fingerprint density at radius 2 is 2.00 bits per heavy atom. The Labute approximate surface area is 98.2 Å². The molecule has 2 aliphatic heterocycles. The third-order valence-corrected chi connectivity index (χ3v) is 3.76. The number of likely N-dealkylation sites (tertiary alicyclic amines) is 1. The molecular formula is C11H22N2OS. The van der Waals surface area contributed by atoms with Gasteiger partial charge in [-0.1, -0.05) is 0 Å². The van der Waals surface area contributed by atoms with Crippen molar-refractivity contribution in [3.63, 3.8) is 0 Å². The lowest BCUT2D eigenvalue weighted by molar-refractivity contribution is 0.0185. The third kappa shape index (κ3) is 3.34. The standard InChI is InChI=1S/C11H22N2OS/c15-9-1-3-12-4-2-11(10-12)13-5-7-14-8-6-13/h11,15H,1-10H2. The second-order valence-corrected chi connectivity index (χ2v) is 4.92. The van der Waals surface area contributed by atoms with Crippen LogP contribution < -0.4 is 0 Å². The summed E-state index contributed by atoms with van der Waals surface area (Å²) < 4.78 is 5.39. The van der Waals surface area contributed by atoms with E-state index in [-0.39, 0.29) is 0 Å². The summed E-state index contributed by atoms with van der Waals surface area (Å²) in [6.45, 7) is 7.87. The van der Waals surface area contributed by atoms with E-state index in [9.17, 15) is 0 Å². The fraction of sp³-hybridized carbons (Fsp3) is 1.00. The Morgan fingerprint density at radius 3 is 2.73 bits per heavy atom. The molecule has 2 fully saturated rings. The maximum atomic E-state index is 5.39. The van der Waals surface area contributed by atoms with E-state index in [1.54, 1.807) is 0 Å². The van der Waals surface area contributed by atoms with Crippen molar-refractivity contribution in [2.75, 3.05) is 51.7 Å². The molecule has 0 amide bonds. The molecule has 1 unspecified atom stereocenters. The first-order valence-corrected chi connectivity index (χ1v) is 6.68. The normalized spacial score (nSPS) is 29.8. The minimum absolute atomic E-state index is 0.786. The Kier molecular flexibility index (Phi) is 4.75. The van der Waals surface area contributed by atoms with Gasteiger partial charge in [-0.05, 0) is 31.7 Å². The highest BCUT2D eigenvalue weighted by molar-refractivity contribution is 7.80. The molecule has 0 radical (unpaired) electrons. The fourth-order valence-corrected chi connectivity index (χ4v) is 2.69. The molecule has 2 heterocycles. The van der Waals surface area contributed by atoms with Crippen LogP contribution in [-0.4, -0.2) is 67.5 Å². The van der Waals surface area contributed by atoms with Gasteiger partial charge in [0.15, 0.2) is 0 Å². The van der Waals surface area contributed by atoms with Gasteiger partial charge in [0, 0.05) is 25.7 Å². The van der Waals surface area contributed by atoms with Crippen molar-refractivity contribution in [3.05, 3.63) is 0 Å². The van der Waals surface area contributed by atoms with Crippen molar-refractivity contribution < 1.29 is 4.74 Å². The van der Waals surface area contributed by atoms with Crippen LogP contribution in [0.4, 0.5) is 0 Å². The number of ether oxygens (including phenoxy) is 1. The molecule has 3 nitrogen and oxygen atoms in total. The molecule has 0 aromatic heterocycles. The lowest BCUT2D eigenvalue weighted by Gasteiger charge is -2.32. The van der Waals surface area contributed by atoms with Crippen LogP contribution in [0.2, 0.25) is 0 Å². The van der Waals surface area contributed by atoms with Gasteiger partial charge in [0.2, 0.25) is 0 Å². The smallest absolute Gasteiger partial charge is 0.0594 e. The zero-order valence-electron chi connectivity index (χ0n) is 9.40. The number of hydrogen-bond donors (Lipinski definition) is 1. The minimum atomic E-state index is 0.786. The van der Waals surface area contributed by atoms with Crippen LogP contribution in [-0.2, 0) is 4.74 Å². The largest absolute Gasteiger partial charge is 0.379 e. The van der Waals surface area contributed by atoms with Gasteiger partial charge >= 0.3 is 0 Å². The monoisotopic (exact) mass is 230 g/mol. The summed E-state index contributed by atoms with van der Waals surface area (Å²) in [5.41, 5.74) is 0. The molecule has 0 aromatic rings. The third-order valence-electron chi connectivity index (χ3n) is 3.44. The van der Waals surface area contributed by atoms with Crippen molar-refractivity contribution in [2.24, 2.45) is 0 Å². The van der Waals surface area contributed by atoms with Gasteiger partial charge in [0.1, 0.15) is 0 Å². The summed E-state index contributed by atoms with van der Waals surface area (Å²) in [5, 5.41) is 0. The van der Waals surface area contributed by atoms with Gasteiger partial charge in [0.25, 0.3) is 0 Å². The number of thiol groups is 1. The fourth-order valence-electron chi connectivity index (χ4n) is 2.55. The van der Waals surface area contributed by atoms with E-state index < -0.39 is 0 Å². The number of rotatable bonds is 4. The van der Waals surface area contributed by atoms with Crippen LogP contribution in [0, 0.1) is 0 Å². The van der Waals surface area contributed by atoms with Gasteiger partial charge < -0.3 is 9.64 Å². The molecule has 88 valence electrons. The molecule has 4 heteroatoms. The number of morpholine rings is 1. The summed E-state index contributed by atoms with van der Waals surface area (Å²) in [6.07, 6.45) is 2.56. The van der Waals surface area contributed by atoms with Crippen LogP contribution in [0.3, 0.4) is 0 Å². The molecule has 0 saturated carbocycles.